The number of thioether (sulfide) groups is 1. The third-order valence-corrected chi connectivity index (χ3v) is 3.50. The summed E-state index contributed by atoms with van der Waals surface area (Å²) in [5.41, 5.74) is 4.34. The lowest BCUT2D eigenvalue weighted by atomic mass is 10.2. The fraction of sp³-hybridized carbons (Fsp3) is 0.455. The number of nitrogen functional groups attached to an aromatic ring is 1. The van der Waals surface area contributed by atoms with Crippen molar-refractivity contribution in [3.05, 3.63) is 23.8 Å². The van der Waals surface area contributed by atoms with Crippen LogP contribution in [0.25, 0.3) is 0 Å². The number of halogens is 3. The van der Waals surface area contributed by atoms with Gasteiger partial charge in [0, 0.05) is 15.8 Å². The SMILES string of the molecule is CCC(C)Sc1ccc(N)c(C(F)(F)F)c1. The van der Waals surface area contributed by atoms with Crippen molar-refractivity contribution in [1.29, 1.82) is 0 Å². The number of hydrogen-bond donors (Lipinski definition) is 1. The predicted molar refractivity (Wildman–Crippen MR) is 61.5 cm³/mol. The molecule has 0 bridgehead atoms. The summed E-state index contributed by atoms with van der Waals surface area (Å²) in [5, 5.41) is 0.296. The van der Waals surface area contributed by atoms with Gasteiger partial charge in [-0.3, -0.25) is 0 Å². The summed E-state index contributed by atoms with van der Waals surface area (Å²) in [6.07, 6.45) is -3.47. The molecule has 0 aliphatic heterocycles. The van der Waals surface area contributed by atoms with Gasteiger partial charge in [-0.2, -0.15) is 13.2 Å². The maximum atomic E-state index is 12.6. The lowest BCUT2D eigenvalue weighted by Gasteiger charge is -2.13. The lowest BCUT2D eigenvalue weighted by molar-refractivity contribution is -0.137. The van der Waals surface area contributed by atoms with Crippen LogP contribution < -0.4 is 5.73 Å². The molecule has 1 aromatic carbocycles. The van der Waals surface area contributed by atoms with Crippen LogP contribution in [0.2, 0.25) is 0 Å². The Bertz CT molecular complexity index is 363. The van der Waals surface area contributed by atoms with Crippen molar-refractivity contribution < 1.29 is 13.2 Å². The molecule has 0 aliphatic rings. The van der Waals surface area contributed by atoms with Crippen molar-refractivity contribution in [2.45, 2.75) is 36.6 Å². The highest BCUT2D eigenvalue weighted by Crippen LogP contribution is 2.37. The third-order valence-electron chi connectivity index (χ3n) is 2.24. The molecule has 2 N–H and O–H groups in total. The van der Waals surface area contributed by atoms with Gasteiger partial charge in [0.2, 0.25) is 0 Å². The molecule has 0 saturated carbocycles. The molecule has 16 heavy (non-hydrogen) atoms. The Balaban J connectivity index is 2.99. The van der Waals surface area contributed by atoms with Gasteiger partial charge in [0.05, 0.1) is 5.56 Å². The van der Waals surface area contributed by atoms with Gasteiger partial charge in [0.25, 0.3) is 0 Å². The zero-order chi connectivity index (χ0) is 12.3. The van der Waals surface area contributed by atoms with Crippen LogP contribution in [0.5, 0.6) is 0 Å². The molecule has 0 saturated heterocycles. The minimum atomic E-state index is -4.38. The molecule has 0 aromatic heterocycles. The van der Waals surface area contributed by atoms with Gasteiger partial charge >= 0.3 is 6.18 Å². The standard InChI is InChI=1S/C11H14F3NS/c1-3-7(2)16-8-4-5-10(15)9(6-8)11(12,13)14/h4-7H,3,15H2,1-2H3. The molecule has 0 spiro atoms. The van der Waals surface area contributed by atoms with E-state index in [1.807, 2.05) is 13.8 Å². The van der Waals surface area contributed by atoms with Gasteiger partial charge in [-0.15, -0.1) is 11.8 Å². The Hall–Kier alpha value is -0.840. The number of hydrogen-bond acceptors (Lipinski definition) is 2. The molecule has 1 aromatic rings. The molecule has 5 heteroatoms. The van der Waals surface area contributed by atoms with Crippen molar-refractivity contribution in [2.24, 2.45) is 0 Å². The van der Waals surface area contributed by atoms with Crippen LogP contribution in [0.15, 0.2) is 23.1 Å². The maximum absolute atomic E-state index is 12.6. The molecular formula is C11H14F3NS. The minimum absolute atomic E-state index is 0.221. The van der Waals surface area contributed by atoms with E-state index in [1.54, 1.807) is 6.07 Å². The second-order valence-electron chi connectivity index (χ2n) is 3.58. The molecule has 1 unspecified atom stereocenters. The second-order valence-corrected chi connectivity index (χ2v) is 5.10. The molecule has 90 valence electrons. The number of alkyl halides is 3. The van der Waals surface area contributed by atoms with E-state index in [-0.39, 0.29) is 5.69 Å². The second kappa shape index (κ2) is 4.99. The number of benzene rings is 1. The van der Waals surface area contributed by atoms with Gasteiger partial charge in [0.15, 0.2) is 0 Å². The number of rotatable bonds is 3. The summed E-state index contributed by atoms with van der Waals surface area (Å²) >= 11 is 1.43. The molecule has 0 amide bonds. The van der Waals surface area contributed by atoms with E-state index < -0.39 is 11.7 Å². The average molecular weight is 249 g/mol. The molecule has 1 atom stereocenters. The number of anilines is 1. The Morgan fingerprint density at radius 3 is 2.50 bits per heavy atom. The predicted octanol–water partition coefficient (Wildman–Crippen LogP) is 4.18. The summed E-state index contributed by atoms with van der Waals surface area (Å²) in [7, 11) is 0. The van der Waals surface area contributed by atoms with Crippen LogP contribution in [0.3, 0.4) is 0 Å². The van der Waals surface area contributed by atoms with Gasteiger partial charge in [-0.1, -0.05) is 13.8 Å². The van der Waals surface area contributed by atoms with Crippen molar-refractivity contribution in [3.8, 4) is 0 Å². The summed E-state index contributed by atoms with van der Waals surface area (Å²) in [6, 6.07) is 4.06. The highest BCUT2D eigenvalue weighted by Gasteiger charge is 2.33. The third kappa shape index (κ3) is 3.33. The molecule has 1 rings (SSSR count). The Morgan fingerprint density at radius 1 is 1.38 bits per heavy atom. The number of nitrogens with two attached hydrogens (primary N) is 1. The van der Waals surface area contributed by atoms with Gasteiger partial charge in [-0.05, 0) is 24.6 Å². The molecule has 0 fully saturated rings. The average Bonchev–Trinajstić information content (AvgIpc) is 2.19. The van der Waals surface area contributed by atoms with Crippen molar-refractivity contribution in [3.63, 3.8) is 0 Å². The first-order chi connectivity index (χ1) is 7.34. The minimum Gasteiger partial charge on any atom is -0.398 e. The Labute approximate surface area is 97.2 Å². The monoisotopic (exact) mass is 249 g/mol. The van der Waals surface area contributed by atoms with E-state index in [9.17, 15) is 13.2 Å². The fourth-order valence-electron chi connectivity index (χ4n) is 1.17. The first-order valence-electron chi connectivity index (χ1n) is 4.98. The zero-order valence-corrected chi connectivity index (χ0v) is 9.95. The van der Waals surface area contributed by atoms with E-state index in [0.29, 0.717) is 10.1 Å². The largest absolute Gasteiger partial charge is 0.418 e. The molecular weight excluding hydrogens is 235 g/mol. The van der Waals surface area contributed by atoms with Gasteiger partial charge < -0.3 is 5.73 Å². The Morgan fingerprint density at radius 2 is 2.00 bits per heavy atom. The van der Waals surface area contributed by atoms with Crippen LogP contribution in [0.4, 0.5) is 18.9 Å². The molecule has 0 heterocycles. The molecule has 0 aliphatic carbocycles. The van der Waals surface area contributed by atoms with Gasteiger partial charge in [0.1, 0.15) is 0 Å². The summed E-state index contributed by atoms with van der Waals surface area (Å²) in [4.78, 5) is 0.607. The van der Waals surface area contributed by atoms with E-state index >= 15 is 0 Å². The summed E-state index contributed by atoms with van der Waals surface area (Å²) in [6.45, 7) is 3.98. The van der Waals surface area contributed by atoms with Crippen LogP contribution in [-0.2, 0) is 6.18 Å². The van der Waals surface area contributed by atoms with Gasteiger partial charge in [-0.25, -0.2) is 0 Å². The van der Waals surface area contributed by atoms with E-state index in [4.69, 9.17) is 5.73 Å². The van der Waals surface area contributed by atoms with Crippen molar-refractivity contribution in [2.75, 3.05) is 5.73 Å². The quantitative estimate of drug-likeness (QED) is 0.642. The molecule has 0 radical (unpaired) electrons. The topological polar surface area (TPSA) is 26.0 Å². The maximum Gasteiger partial charge on any atom is 0.418 e. The van der Waals surface area contributed by atoms with Crippen LogP contribution >= 0.6 is 11.8 Å². The lowest BCUT2D eigenvalue weighted by Crippen LogP contribution is -2.09. The van der Waals surface area contributed by atoms with Crippen LogP contribution in [0, 0.1) is 0 Å². The van der Waals surface area contributed by atoms with Crippen molar-refractivity contribution >= 4 is 17.4 Å². The van der Waals surface area contributed by atoms with E-state index in [0.717, 1.165) is 12.5 Å². The molecule has 1 nitrogen and oxygen atoms in total. The first-order valence-corrected chi connectivity index (χ1v) is 5.86. The first kappa shape index (κ1) is 13.2. The van der Waals surface area contributed by atoms with Crippen molar-refractivity contribution in [1.82, 2.24) is 0 Å². The van der Waals surface area contributed by atoms with Crippen LogP contribution in [-0.4, -0.2) is 5.25 Å². The fourth-order valence-corrected chi connectivity index (χ4v) is 2.13. The normalized spacial score (nSPS) is 13.8. The Kier molecular flexibility index (Phi) is 4.13. The highest BCUT2D eigenvalue weighted by molar-refractivity contribution is 7.99. The summed E-state index contributed by atoms with van der Waals surface area (Å²) < 4.78 is 37.7. The zero-order valence-electron chi connectivity index (χ0n) is 9.14. The smallest absolute Gasteiger partial charge is 0.398 e. The summed E-state index contributed by atoms with van der Waals surface area (Å²) in [5.74, 6) is 0. The highest BCUT2D eigenvalue weighted by atomic mass is 32.2. The van der Waals surface area contributed by atoms with E-state index in [2.05, 4.69) is 0 Å². The van der Waals surface area contributed by atoms with Crippen LogP contribution in [0.1, 0.15) is 25.8 Å². The van der Waals surface area contributed by atoms with E-state index in [1.165, 1.54) is 17.8 Å².